The molecule has 82 valence electrons. The third-order valence-electron chi connectivity index (χ3n) is 2.02. The monoisotopic (exact) mass is 227 g/mol. The average Bonchev–Trinajstić information content (AvgIpc) is 2.18. The molecule has 0 saturated carbocycles. The Labute approximate surface area is 94.4 Å². The molecule has 1 rings (SSSR count). The standard InChI is InChI=1S/C11H14ClNO2/c1-8(13-11(14)7-15-2)9-3-5-10(12)6-4-9/h3-6,8H,7H2,1-2H3,(H,13,14)/t8-/m0/s1. The van der Waals surface area contributed by atoms with Crippen molar-refractivity contribution in [2.75, 3.05) is 13.7 Å². The molecule has 1 amide bonds. The van der Waals surface area contributed by atoms with Crippen molar-refractivity contribution in [3.63, 3.8) is 0 Å². The van der Waals surface area contributed by atoms with E-state index in [-0.39, 0.29) is 18.6 Å². The fraction of sp³-hybridized carbons (Fsp3) is 0.364. The molecule has 0 aliphatic carbocycles. The molecule has 3 nitrogen and oxygen atoms in total. The van der Waals surface area contributed by atoms with E-state index in [1.165, 1.54) is 7.11 Å². The van der Waals surface area contributed by atoms with Crippen LogP contribution in [0.5, 0.6) is 0 Å². The van der Waals surface area contributed by atoms with E-state index in [0.717, 1.165) is 5.56 Å². The highest BCUT2D eigenvalue weighted by Gasteiger charge is 2.08. The van der Waals surface area contributed by atoms with E-state index in [1.807, 2.05) is 19.1 Å². The van der Waals surface area contributed by atoms with Crippen LogP contribution < -0.4 is 5.32 Å². The van der Waals surface area contributed by atoms with Gasteiger partial charge in [0.15, 0.2) is 0 Å². The summed E-state index contributed by atoms with van der Waals surface area (Å²) >= 11 is 5.76. The average molecular weight is 228 g/mol. The number of hydrogen-bond acceptors (Lipinski definition) is 2. The number of halogens is 1. The SMILES string of the molecule is COCC(=O)N[C@@H](C)c1ccc(Cl)cc1. The lowest BCUT2D eigenvalue weighted by atomic mass is 10.1. The summed E-state index contributed by atoms with van der Waals surface area (Å²) in [7, 11) is 1.49. The maximum Gasteiger partial charge on any atom is 0.246 e. The maximum atomic E-state index is 11.2. The van der Waals surface area contributed by atoms with Crippen molar-refractivity contribution in [2.45, 2.75) is 13.0 Å². The highest BCUT2D eigenvalue weighted by Crippen LogP contribution is 2.15. The summed E-state index contributed by atoms with van der Waals surface area (Å²) in [5.41, 5.74) is 1.02. The third kappa shape index (κ3) is 3.90. The van der Waals surface area contributed by atoms with Crippen LogP contribution in [0.4, 0.5) is 0 Å². The molecule has 1 atom stereocenters. The summed E-state index contributed by atoms with van der Waals surface area (Å²) in [5, 5.41) is 3.50. The van der Waals surface area contributed by atoms with E-state index < -0.39 is 0 Å². The van der Waals surface area contributed by atoms with Crippen molar-refractivity contribution in [3.8, 4) is 0 Å². The van der Waals surface area contributed by atoms with Gasteiger partial charge in [0.1, 0.15) is 6.61 Å². The second-order valence-corrected chi connectivity index (χ2v) is 3.71. The lowest BCUT2D eigenvalue weighted by Crippen LogP contribution is -2.29. The molecular weight excluding hydrogens is 214 g/mol. The van der Waals surface area contributed by atoms with E-state index in [2.05, 4.69) is 5.32 Å². The Morgan fingerprint density at radius 1 is 1.47 bits per heavy atom. The Balaban J connectivity index is 2.57. The second-order valence-electron chi connectivity index (χ2n) is 3.27. The smallest absolute Gasteiger partial charge is 0.246 e. The first-order valence-electron chi connectivity index (χ1n) is 4.67. The molecule has 0 heterocycles. The zero-order valence-electron chi connectivity index (χ0n) is 8.79. The lowest BCUT2D eigenvalue weighted by molar-refractivity contribution is -0.125. The molecule has 0 radical (unpaired) electrons. The van der Waals surface area contributed by atoms with Crippen molar-refractivity contribution in [1.29, 1.82) is 0 Å². The van der Waals surface area contributed by atoms with Crippen LogP contribution in [0.2, 0.25) is 5.02 Å². The minimum atomic E-state index is -0.125. The van der Waals surface area contributed by atoms with Gasteiger partial charge >= 0.3 is 0 Å². The molecule has 1 N–H and O–H groups in total. The molecule has 15 heavy (non-hydrogen) atoms. The molecule has 0 bridgehead atoms. The third-order valence-corrected chi connectivity index (χ3v) is 2.27. The van der Waals surface area contributed by atoms with Crippen molar-refractivity contribution in [1.82, 2.24) is 5.32 Å². The van der Waals surface area contributed by atoms with E-state index in [9.17, 15) is 4.79 Å². The van der Waals surface area contributed by atoms with Crippen LogP contribution in [0, 0.1) is 0 Å². The zero-order chi connectivity index (χ0) is 11.3. The van der Waals surface area contributed by atoms with Gasteiger partial charge in [-0.05, 0) is 24.6 Å². The first-order valence-corrected chi connectivity index (χ1v) is 5.05. The molecule has 0 aliphatic heterocycles. The molecule has 4 heteroatoms. The number of hydrogen-bond donors (Lipinski definition) is 1. The van der Waals surface area contributed by atoms with Crippen molar-refractivity contribution >= 4 is 17.5 Å². The van der Waals surface area contributed by atoms with Gasteiger partial charge in [-0.1, -0.05) is 23.7 Å². The maximum absolute atomic E-state index is 11.2. The molecule has 1 aromatic rings. The fourth-order valence-corrected chi connectivity index (χ4v) is 1.38. The Bertz CT molecular complexity index is 324. The molecule has 0 spiro atoms. The number of carbonyl (C=O) groups excluding carboxylic acids is 1. The predicted octanol–water partition coefficient (Wildman–Crippen LogP) is 2.16. The van der Waals surface area contributed by atoms with Crippen LogP contribution in [0.1, 0.15) is 18.5 Å². The molecular formula is C11H14ClNO2. The summed E-state index contributed by atoms with van der Waals surface area (Å²) in [6, 6.07) is 7.34. The van der Waals surface area contributed by atoms with Crippen molar-refractivity contribution < 1.29 is 9.53 Å². The van der Waals surface area contributed by atoms with Crippen LogP contribution in [-0.4, -0.2) is 19.6 Å². The van der Waals surface area contributed by atoms with Gasteiger partial charge in [0.2, 0.25) is 5.91 Å². The highest BCUT2D eigenvalue weighted by molar-refractivity contribution is 6.30. The quantitative estimate of drug-likeness (QED) is 0.856. The van der Waals surface area contributed by atoms with Crippen LogP contribution >= 0.6 is 11.6 Å². The number of methoxy groups -OCH3 is 1. The van der Waals surface area contributed by atoms with Gasteiger partial charge in [-0.3, -0.25) is 4.79 Å². The summed E-state index contributed by atoms with van der Waals surface area (Å²) in [4.78, 5) is 11.2. The topological polar surface area (TPSA) is 38.3 Å². The number of nitrogens with one attached hydrogen (secondary N) is 1. The Morgan fingerprint density at radius 3 is 2.60 bits per heavy atom. The lowest BCUT2D eigenvalue weighted by Gasteiger charge is -2.13. The van der Waals surface area contributed by atoms with E-state index in [0.29, 0.717) is 5.02 Å². The summed E-state index contributed by atoms with van der Waals surface area (Å²) < 4.78 is 4.73. The van der Waals surface area contributed by atoms with Crippen molar-refractivity contribution in [3.05, 3.63) is 34.9 Å². The number of carbonyl (C=O) groups is 1. The molecule has 0 saturated heterocycles. The van der Waals surface area contributed by atoms with Gasteiger partial charge in [0.25, 0.3) is 0 Å². The van der Waals surface area contributed by atoms with E-state index in [1.54, 1.807) is 12.1 Å². The molecule has 1 aromatic carbocycles. The number of benzene rings is 1. The first-order chi connectivity index (χ1) is 7.13. The van der Waals surface area contributed by atoms with E-state index in [4.69, 9.17) is 16.3 Å². The number of rotatable bonds is 4. The van der Waals surface area contributed by atoms with Gasteiger partial charge in [-0.15, -0.1) is 0 Å². The van der Waals surface area contributed by atoms with Crippen LogP contribution in [0.15, 0.2) is 24.3 Å². The second kappa shape index (κ2) is 5.73. The van der Waals surface area contributed by atoms with Crippen LogP contribution in [0.25, 0.3) is 0 Å². The minimum absolute atomic E-state index is 0.0371. The van der Waals surface area contributed by atoms with Crippen LogP contribution in [-0.2, 0) is 9.53 Å². The predicted molar refractivity (Wildman–Crippen MR) is 59.9 cm³/mol. The highest BCUT2D eigenvalue weighted by atomic mass is 35.5. The number of amides is 1. The van der Waals surface area contributed by atoms with Crippen molar-refractivity contribution in [2.24, 2.45) is 0 Å². The number of ether oxygens (including phenoxy) is 1. The Hall–Kier alpha value is -1.06. The van der Waals surface area contributed by atoms with E-state index >= 15 is 0 Å². The first kappa shape index (κ1) is 12.0. The molecule has 0 aliphatic rings. The Kier molecular flexibility index (Phi) is 4.59. The molecule has 0 aromatic heterocycles. The van der Waals surface area contributed by atoms with Gasteiger partial charge in [-0.25, -0.2) is 0 Å². The summed E-state index contributed by atoms with van der Waals surface area (Å²) in [6.45, 7) is 1.99. The fourth-order valence-electron chi connectivity index (χ4n) is 1.25. The largest absolute Gasteiger partial charge is 0.375 e. The summed E-state index contributed by atoms with van der Waals surface area (Å²) in [5.74, 6) is -0.125. The van der Waals surface area contributed by atoms with Gasteiger partial charge < -0.3 is 10.1 Å². The minimum Gasteiger partial charge on any atom is -0.375 e. The summed E-state index contributed by atoms with van der Waals surface area (Å²) in [6.07, 6.45) is 0. The van der Waals surface area contributed by atoms with Gasteiger partial charge in [-0.2, -0.15) is 0 Å². The van der Waals surface area contributed by atoms with Crippen LogP contribution in [0.3, 0.4) is 0 Å². The molecule has 0 fully saturated rings. The normalized spacial score (nSPS) is 12.2. The Morgan fingerprint density at radius 2 is 2.07 bits per heavy atom. The van der Waals surface area contributed by atoms with Gasteiger partial charge in [0, 0.05) is 12.1 Å². The van der Waals surface area contributed by atoms with Gasteiger partial charge in [0.05, 0.1) is 6.04 Å². The molecule has 0 unspecified atom stereocenters. The zero-order valence-corrected chi connectivity index (χ0v) is 9.54.